The maximum atomic E-state index is 12.9. The largest absolute Gasteiger partial charge is 0.383 e. The SMILES string of the molecule is COCCn1c(=O)n(C)c2cnc3ccc(-c4ccc(NC(=O)N5CCC(N(C)C)C5)cc4)cc3c21. The molecule has 36 heavy (non-hydrogen) atoms. The Morgan fingerprint density at radius 3 is 2.61 bits per heavy atom. The number of imidazole rings is 1. The summed E-state index contributed by atoms with van der Waals surface area (Å²) in [5, 5.41) is 3.93. The van der Waals surface area contributed by atoms with E-state index >= 15 is 0 Å². The number of amides is 2. The van der Waals surface area contributed by atoms with E-state index in [9.17, 15) is 9.59 Å². The highest BCUT2D eigenvalue weighted by atomic mass is 16.5. The standard InChI is InChI=1S/C27H32N6O3/c1-30(2)21-11-12-32(17-21)26(34)29-20-8-5-18(6-9-20)19-7-10-23-22(15-19)25-24(16-28-23)31(3)27(35)33(25)13-14-36-4/h5-10,15-16,21H,11-14,17H2,1-4H3,(H,29,34). The number of nitrogens with one attached hydrogen (secondary N) is 1. The van der Waals surface area contributed by atoms with Crippen molar-refractivity contribution in [2.45, 2.75) is 19.0 Å². The number of likely N-dealkylation sites (N-methyl/N-ethyl adjacent to an activating group) is 1. The Hall–Kier alpha value is -3.69. The van der Waals surface area contributed by atoms with Gasteiger partial charge in [-0.1, -0.05) is 18.2 Å². The van der Waals surface area contributed by atoms with Crippen LogP contribution in [0.25, 0.3) is 33.1 Å². The van der Waals surface area contributed by atoms with Crippen LogP contribution in [0, 0.1) is 0 Å². The zero-order chi connectivity index (χ0) is 25.4. The molecule has 0 aliphatic carbocycles. The highest BCUT2D eigenvalue weighted by Crippen LogP contribution is 2.29. The fourth-order valence-corrected chi connectivity index (χ4v) is 4.94. The van der Waals surface area contributed by atoms with Crippen LogP contribution >= 0.6 is 0 Å². The molecule has 1 atom stereocenters. The lowest BCUT2D eigenvalue weighted by molar-refractivity contribution is 0.187. The van der Waals surface area contributed by atoms with E-state index in [4.69, 9.17) is 4.74 Å². The Bertz CT molecular complexity index is 1470. The Balaban J connectivity index is 1.42. The van der Waals surface area contributed by atoms with Gasteiger partial charge in [-0.2, -0.15) is 0 Å². The summed E-state index contributed by atoms with van der Waals surface area (Å²) >= 11 is 0. The number of carbonyl (C=O) groups excluding carboxylic acids is 1. The van der Waals surface area contributed by atoms with Crippen molar-refractivity contribution in [2.75, 3.05) is 46.2 Å². The number of aryl methyl sites for hydroxylation is 1. The first-order valence-electron chi connectivity index (χ1n) is 12.2. The molecule has 2 amide bonds. The van der Waals surface area contributed by atoms with Crippen LogP contribution in [0.2, 0.25) is 0 Å². The van der Waals surface area contributed by atoms with Crippen LogP contribution < -0.4 is 11.0 Å². The van der Waals surface area contributed by atoms with Crippen molar-refractivity contribution in [3.8, 4) is 11.1 Å². The lowest BCUT2D eigenvalue weighted by atomic mass is 10.0. The number of ether oxygens (including phenoxy) is 1. The minimum atomic E-state index is -0.0863. The monoisotopic (exact) mass is 488 g/mol. The fraction of sp³-hybridized carbons (Fsp3) is 0.370. The number of methoxy groups -OCH3 is 1. The van der Waals surface area contributed by atoms with Crippen LogP contribution in [-0.4, -0.2) is 76.9 Å². The van der Waals surface area contributed by atoms with Crippen molar-refractivity contribution >= 4 is 33.7 Å². The van der Waals surface area contributed by atoms with E-state index in [1.54, 1.807) is 29.5 Å². The molecule has 5 rings (SSSR count). The molecule has 9 heteroatoms. The Morgan fingerprint density at radius 1 is 1.17 bits per heavy atom. The Labute approximate surface area is 209 Å². The predicted octanol–water partition coefficient (Wildman–Crippen LogP) is 3.37. The Morgan fingerprint density at radius 2 is 1.92 bits per heavy atom. The van der Waals surface area contributed by atoms with Gasteiger partial charge in [0.1, 0.15) is 0 Å². The van der Waals surface area contributed by atoms with Crippen LogP contribution in [0.3, 0.4) is 0 Å². The van der Waals surface area contributed by atoms with Crippen LogP contribution in [0.4, 0.5) is 10.5 Å². The zero-order valence-corrected chi connectivity index (χ0v) is 21.2. The molecule has 1 unspecified atom stereocenters. The van der Waals surface area contributed by atoms with E-state index in [1.807, 2.05) is 41.3 Å². The number of anilines is 1. The van der Waals surface area contributed by atoms with E-state index < -0.39 is 0 Å². The first kappa shape index (κ1) is 24.0. The minimum Gasteiger partial charge on any atom is -0.383 e. The molecule has 1 aliphatic rings. The quantitative estimate of drug-likeness (QED) is 0.450. The van der Waals surface area contributed by atoms with Crippen molar-refractivity contribution in [1.29, 1.82) is 0 Å². The van der Waals surface area contributed by atoms with Crippen LogP contribution in [0.5, 0.6) is 0 Å². The summed E-state index contributed by atoms with van der Waals surface area (Å²) in [5.74, 6) is 0. The van der Waals surface area contributed by atoms with Gasteiger partial charge in [0.05, 0.1) is 35.9 Å². The van der Waals surface area contributed by atoms with Crippen LogP contribution in [-0.2, 0) is 18.3 Å². The van der Waals surface area contributed by atoms with Gasteiger partial charge in [-0.15, -0.1) is 0 Å². The summed E-state index contributed by atoms with van der Waals surface area (Å²) in [6.45, 7) is 2.42. The van der Waals surface area contributed by atoms with E-state index in [0.29, 0.717) is 19.2 Å². The summed E-state index contributed by atoms with van der Waals surface area (Å²) in [7, 11) is 7.50. The van der Waals surface area contributed by atoms with Gasteiger partial charge in [-0.05, 0) is 55.9 Å². The number of benzene rings is 2. The molecule has 0 radical (unpaired) electrons. The number of pyridine rings is 1. The third-order valence-electron chi connectivity index (χ3n) is 7.14. The van der Waals surface area contributed by atoms with Gasteiger partial charge in [0, 0.05) is 44.4 Å². The number of urea groups is 1. The summed E-state index contributed by atoms with van der Waals surface area (Å²) < 4.78 is 8.61. The van der Waals surface area contributed by atoms with Gasteiger partial charge in [0.15, 0.2) is 0 Å². The lowest BCUT2D eigenvalue weighted by Crippen LogP contribution is -2.36. The van der Waals surface area contributed by atoms with Crippen molar-refractivity contribution in [1.82, 2.24) is 23.9 Å². The molecule has 1 N–H and O–H groups in total. The van der Waals surface area contributed by atoms with E-state index in [-0.39, 0.29) is 11.7 Å². The second-order valence-corrected chi connectivity index (χ2v) is 9.57. The average molecular weight is 489 g/mol. The molecule has 3 heterocycles. The average Bonchev–Trinajstić information content (AvgIpc) is 3.47. The summed E-state index contributed by atoms with van der Waals surface area (Å²) in [6, 6.07) is 14.3. The van der Waals surface area contributed by atoms with Crippen molar-refractivity contribution in [2.24, 2.45) is 7.05 Å². The molecule has 0 bridgehead atoms. The molecule has 0 spiro atoms. The highest BCUT2D eigenvalue weighted by Gasteiger charge is 2.27. The smallest absolute Gasteiger partial charge is 0.328 e. The molecule has 9 nitrogen and oxygen atoms in total. The summed E-state index contributed by atoms with van der Waals surface area (Å²) in [4.78, 5) is 34.2. The highest BCUT2D eigenvalue weighted by molar-refractivity contribution is 6.04. The van der Waals surface area contributed by atoms with Gasteiger partial charge in [0.2, 0.25) is 0 Å². The van der Waals surface area contributed by atoms with Gasteiger partial charge in [-0.3, -0.25) is 14.1 Å². The topological polar surface area (TPSA) is 84.6 Å². The number of likely N-dealkylation sites (tertiary alicyclic amines) is 1. The molecule has 2 aromatic heterocycles. The van der Waals surface area contributed by atoms with Gasteiger partial charge >= 0.3 is 11.7 Å². The number of hydrogen-bond donors (Lipinski definition) is 1. The number of rotatable bonds is 6. The first-order valence-corrected chi connectivity index (χ1v) is 12.2. The summed E-state index contributed by atoms with van der Waals surface area (Å²) in [5.41, 5.74) is 5.18. The number of aromatic nitrogens is 3. The molecule has 2 aromatic carbocycles. The van der Waals surface area contributed by atoms with Gasteiger partial charge in [-0.25, -0.2) is 9.59 Å². The van der Waals surface area contributed by atoms with Crippen LogP contribution in [0.1, 0.15) is 6.42 Å². The Kier molecular flexibility index (Phi) is 6.51. The van der Waals surface area contributed by atoms with E-state index in [1.165, 1.54) is 0 Å². The van der Waals surface area contributed by atoms with Crippen molar-refractivity contribution in [3.05, 3.63) is 59.1 Å². The number of nitrogens with zero attached hydrogens (tertiary/aromatic N) is 5. The second kappa shape index (κ2) is 9.75. The van der Waals surface area contributed by atoms with Crippen molar-refractivity contribution in [3.63, 3.8) is 0 Å². The number of carbonyl (C=O) groups is 1. The molecule has 0 saturated carbocycles. The first-order chi connectivity index (χ1) is 17.4. The molecule has 1 fully saturated rings. The van der Waals surface area contributed by atoms with E-state index in [2.05, 4.69) is 35.4 Å². The normalized spacial score (nSPS) is 15.9. The second-order valence-electron chi connectivity index (χ2n) is 9.57. The third-order valence-corrected chi connectivity index (χ3v) is 7.14. The van der Waals surface area contributed by atoms with E-state index in [0.717, 1.165) is 58.3 Å². The fourth-order valence-electron chi connectivity index (χ4n) is 4.94. The minimum absolute atomic E-state index is 0.0654. The molecular formula is C27H32N6O3. The lowest BCUT2D eigenvalue weighted by Gasteiger charge is -2.20. The molecule has 188 valence electrons. The molecule has 1 aliphatic heterocycles. The predicted molar refractivity (Wildman–Crippen MR) is 142 cm³/mol. The van der Waals surface area contributed by atoms with Crippen molar-refractivity contribution < 1.29 is 9.53 Å². The number of hydrogen-bond acceptors (Lipinski definition) is 5. The maximum Gasteiger partial charge on any atom is 0.328 e. The zero-order valence-electron chi connectivity index (χ0n) is 21.2. The number of fused-ring (bicyclic) bond motifs is 3. The maximum absolute atomic E-state index is 12.9. The third kappa shape index (κ3) is 4.36. The molecule has 1 saturated heterocycles. The molecular weight excluding hydrogens is 456 g/mol. The van der Waals surface area contributed by atoms with Crippen LogP contribution in [0.15, 0.2) is 53.5 Å². The van der Waals surface area contributed by atoms with Gasteiger partial charge in [0.25, 0.3) is 0 Å². The van der Waals surface area contributed by atoms with Gasteiger partial charge < -0.3 is 19.9 Å². The molecule has 4 aromatic rings. The summed E-state index contributed by atoms with van der Waals surface area (Å²) in [6.07, 6.45) is 2.74.